The predicted molar refractivity (Wildman–Crippen MR) is 72.9 cm³/mol. The van der Waals surface area contributed by atoms with Crippen molar-refractivity contribution in [1.29, 1.82) is 0 Å². The van der Waals surface area contributed by atoms with E-state index in [0.717, 1.165) is 18.3 Å². The molecule has 2 rings (SSSR count). The molecule has 3 nitrogen and oxygen atoms in total. The Labute approximate surface area is 123 Å². The van der Waals surface area contributed by atoms with Gasteiger partial charge < -0.3 is 0 Å². The van der Waals surface area contributed by atoms with Crippen LogP contribution in [0, 0.1) is 5.82 Å². The minimum absolute atomic E-state index is 0.0151. The van der Waals surface area contributed by atoms with Crippen LogP contribution in [0.15, 0.2) is 53.6 Å². The lowest BCUT2D eigenvalue weighted by Crippen LogP contribution is -2.18. The number of nitrogens with one attached hydrogen (secondary N) is 1. The van der Waals surface area contributed by atoms with Crippen molar-refractivity contribution in [3.63, 3.8) is 0 Å². The molecule has 0 unspecified atom stereocenters. The molecule has 0 aromatic heterocycles. The smallest absolute Gasteiger partial charge is 0.267 e. The van der Waals surface area contributed by atoms with Gasteiger partial charge in [-0.15, -0.1) is 0 Å². The molecule has 0 saturated carbocycles. The first-order valence-corrected chi connectivity index (χ1v) is 6.13. The summed E-state index contributed by atoms with van der Waals surface area (Å²) in [6.07, 6.45) is -3.63. The second-order valence-electron chi connectivity index (χ2n) is 4.29. The molecule has 0 spiro atoms. The van der Waals surface area contributed by atoms with Crippen LogP contribution in [0.25, 0.3) is 0 Å². The van der Waals surface area contributed by atoms with Crippen LogP contribution in [-0.4, -0.2) is 12.1 Å². The van der Waals surface area contributed by atoms with Crippen molar-refractivity contribution in [2.45, 2.75) is 6.18 Å². The molecule has 0 bridgehead atoms. The fourth-order valence-corrected chi connectivity index (χ4v) is 1.72. The molecule has 0 saturated heterocycles. The van der Waals surface area contributed by atoms with E-state index in [9.17, 15) is 22.4 Å². The van der Waals surface area contributed by atoms with Crippen molar-refractivity contribution in [3.05, 3.63) is 71.0 Å². The highest BCUT2D eigenvalue weighted by Gasteiger charge is 2.32. The van der Waals surface area contributed by atoms with E-state index in [-0.39, 0.29) is 11.1 Å². The lowest BCUT2D eigenvalue weighted by Gasteiger charge is -2.09. The van der Waals surface area contributed by atoms with E-state index >= 15 is 0 Å². The topological polar surface area (TPSA) is 41.5 Å². The van der Waals surface area contributed by atoms with Crippen LogP contribution in [0.1, 0.15) is 21.5 Å². The molecular weight excluding hydrogens is 300 g/mol. The Kier molecular flexibility index (Phi) is 4.55. The number of nitrogens with zero attached hydrogens (tertiary/aromatic N) is 1. The summed E-state index contributed by atoms with van der Waals surface area (Å²) >= 11 is 0. The summed E-state index contributed by atoms with van der Waals surface area (Å²) in [7, 11) is 0. The Morgan fingerprint density at radius 2 is 1.82 bits per heavy atom. The third-order valence-corrected chi connectivity index (χ3v) is 2.72. The molecule has 1 amide bonds. The largest absolute Gasteiger partial charge is 0.417 e. The number of carbonyl (C=O) groups excluding carboxylic acids is 1. The lowest BCUT2D eigenvalue weighted by molar-refractivity contribution is -0.137. The summed E-state index contributed by atoms with van der Waals surface area (Å²) in [4.78, 5) is 11.7. The molecule has 0 atom stereocenters. The monoisotopic (exact) mass is 310 g/mol. The van der Waals surface area contributed by atoms with E-state index in [0.29, 0.717) is 0 Å². The van der Waals surface area contributed by atoms with Gasteiger partial charge in [-0.3, -0.25) is 4.79 Å². The molecule has 0 aliphatic heterocycles. The van der Waals surface area contributed by atoms with E-state index in [2.05, 4.69) is 5.10 Å². The van der Waals surface area contributed by atoms with Gasteiger partial charge in [0.05, 0.1) is 11.8 Å². The molecule has 1 N–H and O–H groups in total. The Balaban J connectivity index is 2.12. The van der Waals surface area contributed by atoms with Crippen LogP contribution in [0.4, 0.5) is 17.6 Å². The Morgan fingerprint density at radius 1 is 1.09 bits per heavy atom. The van der Waals surface area contributed by atoms with Crippen molar-refractivity contribution >= 4 is 12.1 Å². The minimum Gasteiger partial charge on any atom is -0.267 e. The van der Waals surface area contributed by atoms with E-state index in [1.54, 1.807) is 0 Å². The highest BCUT2D eigenvalue weighted by molar-refractivity contribution is 5.95. The minimum atomic E-state index is -4.52. The molecule has 22 heavy (non-hydrogen) atoms. The van der Waals surface area contributed by atoms with Crippen LogP contribution in [0.5, 0.6) is 0 Å². The van der Waals surface area contributed by atoms with Crippen molar-refractivity contribution < 1.29 is 22.4 Å². The van der Waals surface area contributed by atoms with Gasteiger partial charge in [-0.05, 0) is 24.3 Å². The number of halogens is 4. The molecule has 2 aromatic carbocycles. The van der Waals surface area contributed by atoms with Gasteiger partial charge in [0.25, 0.3) is 5.91 Å². The highest BCUT2D eigenvalue weighted by Crippen LogP contribution is 2.30. The van der Waals surface area contributed by atoms with E-state index in [1.807, 2.05) is 5.43 Å². The SMILES string of the molecule is O=C(NN=Cc1ccccc1C(F)(F)F)c1cccc(F)c1. The van der Waals surface area contributed by atoms with Gasteiger partial charge in [-0.1, -0.05) is 24.3 Å². The van der Waals surface area contributed by atoms with E-state index < -0.39 is 23.5 Å². The summed E-state index contributed by atoms with van der Waals surface area (Å²) in [6, 6.07) is 9.67. The number of amides is 1. The summed E-state index contributed by atoms with van der Waals surface area (Å²) < 4.78 is 51.2. The van der Waals surface area contributed by atoms with Crippen LogP contribution in [0.2, 0.25) is 0 Å². The normalized spacial score (nSPS) is 11.6. The second kappa shape index (κ2) is 6.38. The molecule has 114 valence electrons. The van der Waals surface area contributed by atoms with Gasteiger partial charge in [0.2, 0.25) is 0 Å². The molecule has 0 radical (unpaired) electrons. The first-order chi connectivity index (χ1) is 10.4. The number of rotatable bonds is 3. The predicted octanol–water partition coefficient (Wildman–Crippen LogP) is 3.61. The average Bonchev–Trinajstić information content (AvgIpc) is 2.46. The molecule has 0 heterocycles. The lowest BCUT2D eigenvalue weighted by atomic mass is 10.1. The van der Waals surface area contributed by atoms with Crippen LogP contribution in [0.3, 0.4) is 0 Å². The summed E-state index contributed by atoms with van der Waals surface area (Å²) in [6.45, 7) is 0. The van der Waals surface area contributed by atoms with Gasteiger partial charge in [-0.25, -0.2) is 9.82 Å². The molecule has 0 aliphatic carbocycles. The second-order valence-corrected chi connectivity index (χ2v) is 4.29. The quantitative estimate of drug-likeness (QED) is 0.525. The van der Waals surface area contributed by atoms with Gasteiger partial charge >= 0.3 is 6.18 Å². The van der Waals surface area contributed by atoms with Gasteiger partial charge in [0.1, 0.15) is 5.82 Å². The summed E-state index contributed by atoms with van der Waals surface area (Å²) in [5.74, 6) is -1.32. The number of alkyl halides is 3. The van der Waals surface area contributed by atoms with Crippen molar-refractivity contribution in [1.82, 2.24) is 5.43 Å². The van der Waals surface area contributed by atoms with Crippen molar-refractivity contribution in [2.75, 3.05) is 0 Å². The number of hydrazone groups is 1. The maximum absolute atomic E-state index is 13.0. The summed E-state index contributed by atoms with van der Waals surface area (Å²) in [5, 5.41) is 3.47. The zero-order valence-corrected chi connectivity index (χ0v) is 11.1. The maximum Gasteiger partial charge on any atom is 0.417 e. The summed E-state index contributed by atoms with van der Waals surface area (Å²) in [5.41, 5.74) is 1.02. The third kappa shape index (κ3) is 3.91. The molecule has 0 aliphatic rings. The highest BCUT2D eigenvalue weighted by atomic mass is 19.4. The number of carbonyl (C=O) groups is 1. The molecular formula is C15H10F4N2O. The Hall–Kier alpha value is -2.70. The third-order valence-electron chi connectivity index (χ3n) is 2.72. The Bertz CT molecular complexity index is 711. The number of hydrogen-bond donors (Lipinski definition) is 1. The fraction of sp³-hybridized carbons (Fsp3) is 0.0667. The van der Waals surface area contributed by atoms with Gasteiger partial charge in [0.15, 0.2) is 0 Å². The number of hydrogen-bond acceptors (Lipinski definition) is 2. The van der Waals surface area contributed by atoms with Crippen LogP contribution >= 0.6 is 0 Å². The first-order valence-electron chi connectivity index (χ1n) is 6.13. The van der Waals surface area contributed by atoms with Crippen LogP contribution < -0.4 is 5.43 Å². The molecule has 0 fully saturated rings. The Morgan fingerprint density at radius 3 is 2.50 bits per heavy atom. The van der Waals surface area contributed by atoms with Gasteiger partial charge in [-0.2, -0.15) is 18.3 Å². The van der Waals surface area contributed by atoms with E-state index in [4.69, 9.17) is 0 Å². The fourth-order valence-electron chi connectivity index (χ4n) is 1.72. The average molecular weight is 310 g/mol. The van der Waals surface area contributed by atoms with Crippen molar-refractivity contribution in [3.8, 4) is 0 Å². The van der Waals surface area contributed by atoms with Crippen molar-refractivity contribution in [2.24, 2.45) is 5.10 Å². The van der Waals surface area contributed by atoms with Gasteiger partial charge in [0, 0.05) is 11.1 Å². The standard InChI is InChI=1S/C15H10F4N2O/c16-12-6-3-5-10(8-12)14(22)21-20-9-11-4-1-2-7-13(11)15(17,18)19/h1-9H,(H,21,22). The first kappa shape index (κ1) is 15.7. The van der Waals surface area contributed by atoms with Crippen LogP contribution in [-0.2, 0) is 6.18 Å². The zero-order valence-electron chi connectivity index (χ0n) is 11.1. The molecule has 7 heteroatoms. The zero-order chi connectivity index (χ0) is 16.2. The maximum atomic E-state index is 13.0. The van der Waals surface area contributed by atoms with E-state index in [1.165, 1.54) is 36.4 Å². The number of benzene rings is 2. The molecule has 2 aromatic rings.